The first kappa shape index (κ1) is 12.9. The molecule has 0 saturated carbocycles. The Balaban J connectivity index is 4.13. The van der Waals surface area contributed by atoms with E-state index < -0.39 is 10.0 Å². The van der Waals surface area contributed by atoms with Crippen LogP contribution in [-0.4, -0.2) is 31.9 Å². The number of sulfonamides is 1. The van der Waals surface area contributed by atoms with Gasteiger partial charge < -0.3 is 5.11 Å². The van der Waals surface area contributed by atoms with Crippen molar-refractivity contribution in [3.05, 3.63) is 0 Å². The Morgan fingerprint density at radius 3 is 2.23 bits per heavy atom. The fourth-order valence-corrected chi connectivity index (χ4v) is 1.91. The lowest BCUT2D eigenvalue weighted by molar-refractivity contribution is 0.240. The minimum absolute atomic E-state index is 0.0571. The molecule has 0 heterocycles. The molecule has 0 aliphatic rings. The van der Waals surface area contributed by atoms with E-state index in [4.69, 9.17) is 5.11 Å². The summed E-state index contributed by atoms with van der Waals surface area (Å²) in [4.78, 5) is 0. The first-order valence-corrected chi connectivity index (χ1v) is 6.17. The fraction of sp³-hybridized carbons (Fsp3) is 1.00. The van der Waals surface area contributed by atoms with Gasteiger partial charge in [-0.3, -0.25) is 0 Å². The lowest BCUT2D eigenvalue weighted by Gasteiger charge is -2.17. The van der Waals surface area contributed by atoms with Crippen LogP contribution in [0.15, 0.2) is 0 Å². The Kier molecular flexibility index (Phi) is 5.51. The van der Waals surface area contributed by atoms with Crippen molar-refractivity contribution in [1.29, 1.82) is 0 Å². The molecule has 0 amide bonds. The number of hydrogen-bond donors (Lipinski definition) is 2. The number of aliphatic hydroxyl groups is 1. The minimum atomic E-state index is -3.19. The molecule has 4 nitrogen and oxygen atoms in total. The molecule has 0 spiro atoms. The second kappa shape index (κ2) is 5.57. The van der Waals surface area contributed by atoms with Gasteiger partial charge in [0.2, 0.25) is 10.0 Å². The lowest BCUT2D eigenvalue weighted by Crippen LogP contribution is -2.39. The quantitative estimate of drug-likeness (QED) is 0.662. The van der Waals surface area contributed by atoms with Crippen LogP contribution in [0.1, 0.15) is 27.2 Å². The summed E-state index contributed by atoms with van der Waals surface area (Å²) in [5.74, 6) is 0.429. The van der Waals surface area contributed by atoms with Crippen LogP contribution in [0, 0.1) is 5.92 Å². The molecular weight excluding hydrogens is 190 g/mol. The van der Waals surface area contributed by atoms with Crippen LogP contribution in [0.3, 0.4) is 0 Å². The van der Waals surface area contributed by atoms with Crippen molar-refractivity contribution in [1.82, 2.24) is 4.72 Å². The van der Waals surface area contributed by atoms with E-state index in [2.05, 4.69) is 4.72 Å². The van der Waals surface area contributed by atoms with E-state index in [9.17, 15) is 8.42 Å². The van der Waals surface area contributed by atoms with E-state index in [0.29, 0.717) is 12.3 Å². The Bertz CT molecular complexity index is 224. The Hall–Kier alpha value is -0.130. The van der Waals surface area contributed by atoms with Crippen molar-refractivity contribution in [3.8, 4) is 0 Å². The monoisotopic (exact) mass is 209 g/mol. The number of nitrogens with one attached hydrogen (secondary N) is 1. The van der Waals surface area contributed by atoms with Gasteiger partial charge in [0.05, 0.1) is 12.4 Å². The van der Waals surface area contributed by atoms with Crippen molar-refractivity contribution in [2.45, 2.75) is 33.2 Å². The predicted octanol–water partition coefficient (Wildman–Crippen LogP) is 0.333. The highest BCUT2D eigenvalue weighted by Crippen LogP contribution is 2.05. The summed E-state index contributed by atoms with van der Waals surface area (Å²) in [5, 5.41) is 8.91. The average molecular weight is 209 g/mol. The molecule has 0 bridgehead atoms. The Labute approximate surface area is 80.4 Å². The summed E-state index contributed by atoms with van der Waals surface area (Å²) < 4.78 is 24.7. The largest absolute Gasteiger partial charge is 0.395 e. The highest BCUT2D eigenvalue weighted by atomic mass is 32.2. The van der Waals surface area contributed by atoms with E-state index in [1.54, 1.807) is 6.92 Å². The molecule has 5 heteroatoms. The molecule has 0 aliphatic carbocycles. The summed E-state index contributed by atoms with van der Waals surface area (Å²) in [7, 11) is -3.19. The second-order valence-electron chi connectivity index (χ2n) is 3.53. The van der Waals surface area contributed by atoms with Gasteiger partial charge in [-0.05, 0) is 19.3 Å². The van der Waals surface area contributed by atoms with Gasteiger partial charge in [0.15, 0.2) is 0 Å². The summed E-state index contributed by atoms with van der Waals surface area (Å²) in [6, 6.07) is -0.343. The highest BCUT2D eigenvalue weighted by molar-refractivity contribution is 7.89. The maximum absolute atomic E-state index is 11.1. The van der Waals surface area contributed by atoms with Crippen molar-refractivity contribution in [2.75, 3.05) is 12.4 Å². The van der Waals surface area contributed by atoms with Gasteiger partial charge in [0.25, 0.3) is 0 Å². The molecule has 1 atom stereocenters. The predicted molar refractivity (Wildman–Crippen MR) is 52.9 cm³/mol. The van der Waals surface area contributed by atoms with Crippen LogP contribution >= 0.6 is 0 Å². The lowest BCUT2D eigenvalue weighted by atomic mass is 10.1. The third-order valence-corrected chi connectivity index (χ3v) is 3.16. The molecule has 0 aromatic carbocycles. The summed E-state index contributed by atoms with van der Waals surface area (Å²) in [5.41, 5.74) is 0. The van der Waals surface area contributed by atoms with Gasteiger partial charge in [0.1, 0.15) is 0 Å². The maximum atomic E-state index is 11.1. The van der Waals surface area contributed by atoms with Crippen molar-refractivity contribution in [2.24, 2.45) is 5.92 Å². The average Bonchev–Trinajstić information content (AvgIpc) is 2.02. The van der Waals surface area contributed by atoms with Gasteiger partial charge in [-0.15, -0.1) is 0 Å². The Morgan fingerprint density at radius 1 is 1.38 bits per heavy atom. The molecule has 0 fully saturated rings. The molecule has 1 unspecified atom stereocenters. The zero-order valence-electron chi connectivity index (χ0n) is 8.45. The Morgan fingerprint density at radius 2 is 1.92 bits per heavy atom. The van der Waals surface area contributed by atoms with E-state index in [0.717, 1.165) is 0 Å². The molecule has 0 rings (SSSR count). The zero-order valence-corrected chi connectivity index (χ0v) is 9.26. The minimum Gasteiger partial charge on any atom is -0.395 e. The molecule has 0 radical (unpaired) electrons. The third kappa shape index (κ3) is 6.01. The third-order valence-electron chi connectivity index (χ3n) is 1.70. The molecule has 0 aromatic heterocycles. The van der Waals surface area contributed by atoms with Crippen LogP contribution < -0.4 is 4.72 Å². The summed E-state index contributed by atoms with van der Waals surface area (Å²) in [6.45, 7) is 5.41. The molecule has 0 aromatic rings. The molecule has 0 saturated heterocycles. The van der Waals surface area contributed by atoms with Gasteiger partial charge in [0, 0.05) is 6.04 Å². The molecule has 13 heavy (non-hydrogen) atoms. The van der Waals surface area contributed by atoms with Crippen LogP contribution in [0.25, 0.3) is 0 Å². The van der Waals surface area contributed by atoms with E-state index in [1.165, 1.54) is 0 Å². The van der Waals surface area contributed by atoms with Gasteiger partial charge in [-0.25, -0.2) is 13.1 Å². The van der Waals surface area contributed by atoms with Crippen LogP contribution in [0.5, 0.6) is 0 Å². The topological polar surface area (TPSA) is 66.4 Å². The van der Waals surface area contributed by atoms with E-state index in [1.807, 2.05) is 13.8 Å². The van der Waals surface area contributed by atoms with Crippen molar-refractivity contribution in [3.63, 3.8) is 0 Å². The van der Waals surface area contributed by atoms with E-state index >= 15 is 0 Å². The van der Waals surface area contributed by atoms with Gasteiger partial charge in [-0.2, -0.15) is 0 Å². The first-order valence-electron chi connectivity index (χ1n) is 4.52. The molecule has 0 aliphatic heterocycles. The van der Waals surface area contributed by atoms with Gasteiger partial charge in [-0.1, -0.05) is 13.8 Å². The van der Waals surface area contributed by atoms with Crippen molar-refractivity contribution >= 4 is 10.0 Å². The van der Waals surface area contributed by atoms with E-state index in [-0.39, 0.29) is 18.4 Å². The summed E-state index contributed by atoms with van der Waals surface area (Å²) >= 11 is 0. The second-order valence-corrected chi connectivity index (χ2v) is 5.57. The smallest absolute Gasteiger partial charge is 0.211 e. The van der Waals surface area contributed by atoms with Crippen molar-refractivity contribution < 1.29 is 13.5 Å². The van der Waals surface area contributed by atoms with Gasteiger partial charge >= 0.3 is 0 Å². The first-order chi connectivity index (χ1) is 5.91. The molecular formula is C8H19NO3S. The zero-order chi connectivity index (χ0) is 10.5. The highest BCUT2D eigenvalue weighted by Gasteiger charge is 2.16. The maximum Gasteiger partial charge on any atom is 0.211 e. The van der Waals surface area contributed by atoms with Crippen LogP contribution in [0.4, 0.5) is 0 Å². The summed E-state index contributed by atoms with van der Waals surface area (Å²) in [6.07, 6.45) is 0.662. The number of aliphatic hydroxyl groups excluding tert-OH is 1. The molecule has 2 N–H and O–H groups in total. The number of hydrogen-bond acceptors (Lipinski definition) is 3. The number of rotatable bonds is 6. The fourth-order valence-electron chi connectivity index (χ4n) is 1.07. The van der Waals surface area contributed by atoms with Crippen LogP contribution in [-0.2, 0) is 10.0 Å². The van der Waals surface area contributed by atoms with Crippen LogP contribution in [0.2, 0.25) is 0 Å². The standard InChI is InChI=1S/C8H19NO3S/c1-4-13(11,12)9-8(6-10)5-7(2)3/h7-10H,4-6H2,1-3H3. The normalized spacial score (nSPS) is 14.8. The SMILES string of the molecule is CCS(=O)(=O)NC(CO)CC(C)C. The molecule has 80 valence electrons.